The fraction of sp³-hybridized carbons (Fsp3) is 0.542. The maximum atomic E-state index is 13.4. The van der Waals surface area contributed by atoms with E-state index >= 15 is 0 Å². The molecule has 1 fully saturated rings. The quantitative estimate of drug-likeness (QED) is 0.500. The number of rotatable bonds is 8. The van der Waals surface area contributed by atoms with Crippen LogP contribution in [0.5, 0.6) is 0 Å². The van der Waals surface area contributed by atoms with Crippen LogP contribution in [0.2, 0.25) is 0 Å². The van der Waals surface area contributed by atoms with Crippen molar-refractivity contribution in [3.8, 4) is 0 Å². The number of pyridine rings is 1. The predicted octanol–water partition coefficient (Wildman–Crippen LogP) is 2.14. The third-order valence-corrected chi connectivity index (χ3v) is 6.44. The van der Waals surface area contributed by atoms with Crippen LogP contribution in [0.4, 0.5) is 0 Å². The number of methoxy groups -OCH3 is 1. The summed E-state index contributed by atoms with van der Waals surface area (Å²) in [5, 5.41) is 13.3. The van der Waals surface area contributed by atoms with E-state index in [1.54, 1.807) is 11.8 Å². The van der Waals surface area contributed by atoms with Gasteiger partial charge in [-0.15, -0.1) is 5.10 Å². The van der Waals surface area contributed by atoms with Gasteiger partial charge in [0.2, 0.25) is 0 Å². The number of aromatic nitrogens is 5. The summed E-state index contributed by atoms with van der Waals surface area (Å²) in [6.45, 7) is 8.39. The zero-order valence-corrected chi connectivity index (χ0v) is 20.2. The first kappa shape index (κ1) is 24.0. The number of hydrogen-bond donors (Lipinski definition) is 1. The lowest BCUT2D eigenvalue weighted by Gasteiger charge is -2.36. The van der Waals surface area contributed by atoms with Gasteiger partial charge < -0.3 is 14.5 Å². The third-order valence-electron chi connectivity index (χ3n) is 6.44. The van der Waals surface area contributed by atoms with Crippen LogP contribution >= 0.6 is 0 Å². The van der Waals surface area contributed by atoms with Crippen LogP contribution in [0.1, 0.15) is 48.3 Å². The summed E-state index contributed by atoms with van der Waals surface area (Å²) in [4.78, 5) is 30.9. The minimum Gasteiger partial charge on any atom is -0.466 e. The number of nitrogens with one attached hydrogen (secondary N) is 1. The minimum atomic E-state index is -0.455. The molecule has 182 valence electrons. The molecule has 34 heavy (non-hydrogen) atoms. The highest BCUT2D eigenvalue weighted by molar-refractivity contribution is 5.83. The SMILES string of the molecule is CCOC(=O)C1CCN([C@@H](c2cc3cc(C)cc(C)c3[nH]c2=O)c2nnnn2CCOC)CC1. The molecule has 1 N–H and O–H groups in total. The van der Waals surface area contributed by atoms with Crippen molar-refractivity contribution in [2.45, 2.75) is 46.2 Å². The number of fused-ring (bicyclic) bond motifs is 1. The fourth-order valence-corrected chi connectivity index (χ4v) is 4.80. The molecule has 1 aromatic carbocycles. The zero-order chi connectivity index (χ0) is 24.2. The van der Waals surface area contributed by atoms with E-state index in [1.807, 2.05) is 26.8 Å². The van der Waals surface area contributed by atoms with Crippen molar-refractivity contribution in [1.29, 1.82) is 0 Å². The van der Waals surface area contributed by atoms with E-state index in [-0.39, 0.29) is 17.4 Å². The molecule has 0 radical (unpaired) electrons. The van der Waals surface area contributed by atoms with Crippen molar-refractivity contribution < 1.29 is 14.3 Å². The summed E-state index contributed by atoms with van der Waals surface area (Å²) in [5.41, 5.74) is 3.40. The number of esters is 1. The molecule has 1 aliphatic heterocycles. The van der Waals surface area contributed by atoms with Gasteiger partial charge in [-0.05, 0) is 67.1 Å². The Balaban J connectivity index is 1.75. The van der Waals surface area contributed by atoms with Crippen LogP contribution in [-0.4, -0.2) is 69.5 Å². The first-order valence-corrected chi connectivity index (χ1v) is 11.7. The van der Waals surface area contributed by atoms with E-state index in [1.165, 1.54) is 0 Å². The molecule has 0 saturated carbocycles. The summed E-state index contributed by atoms with van der Waals surface area (Å²) >= 11 is 0. The summed E-state index contributed by atoms with van der Waals surface area (Å²) in [5.74, 6) is 0.292. The number of benzene rings is 1. The Morgan fingerprint density at radius 2 is 2.00 bits per heavy atom. The second kappa shape index (κ2) is 10.4. The van der Waals surface area contributed by atoms with Gasteiger partial charge in [-0.1, -0.05) is 11.6 Å². The molecule has 2 aromatic heterocycles. The minimum absolute atomic E-state index is 0.137. The van der Waals surface area contributed by atoms with Gasteiger partial charge in [0.1, 0.15) is 6.04 Å². The van der Waals surface area contributed by atoms with Crippen molar-refractivity contribution in [1.82, 2.24) is 30.1 Å². The lowest BCUT2D eigenvalue weighted by Crippen LogP contribution is -2.42. The average molecular weight is 469 g/mol. The smallest absolute Gasteiger partial charge is 0.309 e. The van der Waals surface area contributed by atoms with Crippen molar-refractivity contribution in [3.05, 3.63) is 51.1 Å². The zero-order valence-electron chi connectivity index (χ0n) is 20.2. The number of ether oxygens (including phenoxy) is 2. The molecule has 1 aliphatic rings. The van der Waals surface area contributed by atoms with Crippen molar-refractivity contribution >= 4 is 16.9 Å². The van der Waals surface area contributed by atoms with Crippen molar-refractivity contribution in [2.75, 3.05) is 33.4 Å². The highest BCUT2D eigenvalue weighted by atomic mass is 16.5. The van der Waals surface area contributed by atoms with Crippen LogP contribution in [-0.2, 0) is 20.8 Å². The second-order valence-electron chi connectivity index (χ2n) is 8.82. The van der Waals surface area contributed by atoms with Gasteiger partial charge >= 0.3 is 5.97 Å². The number of aryl methyl sites for hydroxylation is 2. The van der Waals surface area contributed by atoms with Crippen LogP contribution in [0.15, 0.2) is 23.0 Å². The van der Waals surface area contributed by atoms with Crippen LogP contribution in [0.25, 0.3) is 10.9 Å². The van der Waals surface area contributed by atoms with Gasteiger partial charge in [0.05, 0.1) is 31.2 Å². The summed E-state index contributed by atoms with van der Waals surface area (Å²) in [6.07, 6.45) is 1.30. The number of tetrazole rings is 1. The Morgan fingerprint density at radius 1 is 1.24 bits per heavy atom. The average Bonchev–Trinajstić information content (AvgIpc) is 3.27. The molecular weight excluding hydrogens is 436 g/mol. The first-order valence-electron chi connectivity index (χ1n) is 11.7. The molecule has 0 amide bonds. The Bertz CT molecular complexity index is 1210. The largest absolute Gasteiger partial charge is 0.466 e. The number of H-pyrrole nitrogens is 1. The van der Waals surface area contributed by atoms with Gasteiger partial charge in [0.25, 0.3) is 5.56 Å². The van der Waals surface area contributed by atoms with E-state index < -0.39 is 6.04 Å². The Kier molecular flexibility index (Phi) is 7.38. The lowest BCUT2D eigenvalue weighted by atomic mass is 9.93. The maximum Gasteiger partial charge on any atom is 0.309 e. The first-order chi connectivity index (χ1) is 16.4. The van der Waals surface area contributed by atoms with Crippen LogP contribution in [0, 0.1) is 19.8 Å². The van der Waals surface area contributed by atoms with Crippen molar-refractivity contribution in [2.24, 2.45) is 5.92 Å². The molecule has 1 saturated heterocycles. The second-order valence-corrected chi connectivity index (χ2v) is 8.82. The molecule has 0 spiro atoms. The number of likely N-dealkylation sites (tertiary alicyclic amines) is 1. The van der Waals surface area contributed by atoms with Gasteiger partial charge in [-0.3, -0.25) is 14.5 Å². The van der Waals surface area contributed by atoms with E-state index in [0.717, 1.165) is 22.0 Å². The monoisotopic (exact) mass is 468 g/mol. The number of hydrogen-bond acceptors (Lipinski definition) is 8. The lowest BCUT2D eigenvalue weighted by molar-refractivity contribution is -0.149. The molecular formula is C24H32N6O4. The number of carbonyl (C=O) groups excluding carboxylic acids is 1. The molecule has 0 aliphatic carbocycles. The highest BCUT2D eigenvalue weighted by Crippen LogP contribution is 2.31. The number of carbonyl (C=O) groups is 1. The van der Waals surface area contributed by atoms with Gasteiger partial charge in [-0.25, -0.2) is 4.68 Å². The number of piperidine rings is 1. The van der Waals surface area contributed by atoms with E-state index in [0.29, 0.717) is 57.1 Å². The number of aromatic amines is 1. The van der Waals surface area contributed by atoms with Gasteiger partial charge in [0, 0.05) is 25.8 Å². The number of nitrogens with zero attached hydrogens (tertiary/aromatic N) is 5. The Morgan fingerprint density at radius 3 is 2.71 bits per heavy atom. The van der Waals surface area contributed by atoms with E-state index in [2.05, 4.69) is 37.5 Å². The van der Waals surface area contributed by atoms with Crippen molar-refractivity contribution in [3.63, 3.8) is 0 Å². The van der Waals surface area contributed by atoms with E-state index in [9.17, 15) is 9.59 Å². The third kappa shape index (κ3) is 4.88. The molecule has 3 heterocycles. The molecule has 0 unspecified atom stereocenters. The predicted molar refractivity (Wildman–Crippen MR) is 127 cm³/mol. The molecule has 1 atom stereocenters. The molecule has 4 rings (SSSR count). The molecule has 10 heteroatoms. The van der Waals surface area contributed by atoms with Crippen LogP contribution < -0.4 is 5.56 Å². The summed E-state index contributed by atoms with van der Waals surface area (Å²) < 4.78 is 12.1. The molecule has 0 bridgehead atoms. The maximum absolute atomic E-state index is 13.4. The summed E-state index contributed by atoms with van der Waals surface area (Å²) in [6, 6.07) is 5.62. The van der Waals surface area contributed by atoms with Gasteiger partial charge in [-0.2, -0.15) is 0 Å². The summed E-state index contributed by atoms with van der Waals surface area (Å²) in [7, 11) is 1.63. The fourth-order valence-electron chi connectivity index (χ4n) is 4.80. The molecule has 10 nitrogen and oxygen atoms in total. The Labute approximate surface area is 198 Å². The topological polar surface area (TPSA) is 115 Å². The van der Waals surface area contributed by atoms with Crippen LogP contribution in [0.3, 0.4) is 0 Å². The standard InChI is InChI=1S/C24H32N6O4/c1-5-34-24(32)17-6-8-29(9-7-17)21(22-26-27-28-30(22)10-11-33-4)19-14-18-13-15(2)12-16(3)20(18)25-23(19)31/h12-14,17,21H,5-11H2,1-4H3,(H,25,31)/t21-/m0/s1. The Hall–Kier alpha value is -3.11. The highest BCUT2D eigenvalue weighted by Gasteiger charge is 2.35. The van der Waals surface area contributed by atoms with Gasteiger partial charge in [0.15, 0.2) is 5.82 Å². The molecule has 3 aromatic rings. The van der Waals surface area contributed by atoms with E-state index in [4.69, 9.17) is 9.47 Å². The normalized spacial score (nSPS) is 16.1.